The second kappa shape index (κ2) is 8.05. The van der Waals surface area contributed by atoms with Crippen LogP contribution in [0.15, 0.2) is 29.2 Å². The molecule has 4 amide bonds. The maximum absolute atomic E-state index is 12.7. The van der Waals surface area contributed by atoms with Gasteiger partial charge in [-0.3, -0.25) is 14.9 Å². The van der Waals surface area contributed by atoms with Gasteiger partial charge in [0.25, 0.3) is 5.91 Å². The molecule has 0 unspecified atom stereocenters. The Balaban J connectivity index is 1.61. The van der Waals surface area contributed by atoms with Crippen molar-refractivity contribution in [3.8, 4) is 0 Å². The summed E-state index contributed by atoms with van der Waals surface area (Å²) in [6.07, 6.45) is 2.90. The van der Waals surface area contributed by atoms with E-state index in [1.807, 2.05) is 0 Å². The van der Waals surface area contributed by atoms with Crippen molar-refractivity contribution < 1.29 is 22.8 Å². The molecule has 146 valence electrons. The Morgan fingerprint density at radius 3 is 2.59 bits per heavy atom. The minimum atomic E-state index is -3.58. The van der Waals surface area contributed by atoms with Crippen LogP contribution >= 0.6 is 0 Å². The highest BCUT2D eigenvalue weighted by Crippen LogP contribution is 2.23. The molecule has 0 bridgehead atoms. The second-order valence-electron chi connectivity index (χ2n) is 6.59. The van der Waals surface area contributed by atoms with Crippen LogP contribution in [0.2, 0.25) is 0 Å². The van der Waals surface area contributed by atoms with Crippen LogP contribution < -0.4 is 16.0 Å². The van der Waals surface area contributed by atoms with Crippen molar-refractivity contribution in [2.45, 2.75) is 43.0 Å². The van der Waals surface area contributed by atoms with Crippen LogP contribution in [0.4, 0.5) is 10.5 Å². The summed E-state index contributed by atoms with van der Waals surface area (Å²) in [7, 11) is -3.58. The molecular formula is C17H22N4O5S. The van der Waals surface area contributed by atoms with Crippen LogP contribution in [0.25, 0.3) is 0 Å². The van der Waals surface area contributed by atoms with Gasteiger partial charge in [0, 0.05) is 25.2 Å². The molecule has 0 radical (unpaired) electrons. The average molecular weight is 394 g/mol. The lowest BCUT2D eigenvalue weighted by Crippen LogP contribution is -2.35. The zero-order chi connectivity index (χ0) is 19.4. The van der Waals surface area contributed by atoms with Crippen molar-refractivity contribution in [3.63, 3.8) is 0 Å². The normalized spacial score (nSPS) is 20.8. The molecule has 0 aliphatic carbocycles. The van der Waals surface area contributed by atoms with Crippen LogP contribution in [0.1, 0.15) is 32.1 Å². The first-order valence-corrected chi connectivity index (χ1v) is 10.3. The number of imide groups is 1. The van der Waals surface area contributed by atoms with Gasteiger partial charge in [-0.15, -0.1) is 0 Å². The lowest BCUT2D eigenvalue weighted by atomic mass is 10.1. The van der Waals surface area contributed by atoms with Crippen LogP contribution in [-0.2, 0) is 19.6 Å². The molecule has 3 rings (SSSR count). The smallest absolute Gasteiger partial charge is 0.322 e. The number of sulfonamides is 1. The zero-order valence-electron chi connectivity index (χ0n) is 14.7. The van der Waals surface area contributed by atoms with Gasteiger partial charge in [-0.25, -0.2) is 13.2 Å². The molecular weight excluding hydrogens is 372 g/mol. The van der Waals surface area contributed by atoms with E-state index in [0.717, 1.165) is 19.3 Å². The van der Waals surface area contributed by atoms with Gasteiger partial charge in [-0.05, 0) is 37.5 Å². The molecule has 1 aromatic rings. The highest BCUT2D eigenvalue weighted by molar-refractivity contribution is 7.89. The number of nitrogens with one attached hydrogen (secondary N) is 3. The molecule has 27 heavy (non-hydrogen) atoms. The summed E-state index contributed by atoms with van der Waals surface area (Å²) in [6, 6.07) is 4.84. The molecule has 1 aromatic carbocycles. The maximum Gasteiger partial charge on any atom is 0.322 e. The summed E-state index contributed by atoms with van der Waals surface area (Å²) < 4.78 is 26.9. The van der Waals surface area contributed by atoms with E-state index in [2.05, 4.69) is 16.0 Å². The van der Waals surface area contributed by atoms with Crippen LogP contribution in [0, 0.1) is 0 Å². The van der Waals surface area contributed by atoms with E-state index in [1.54, 1.807) is 12.1 Å². The SMILES string of the molecule is O=C(CC[C@H]1NC(=O)NC1=O)Nc1cccc(S(=O)(=O)N2CCCCC2)c1. The molecule has 2 aliphatic heterocycles. The molecule has 9 nitrogen and oxygen atoms in total. The lowest BCUT2D eigenvalue weighted by molar-refractivity contribution is -0.120. The standard InChI is InChI=1S/C17H22N4O5S/c22-15(8-7-14-16(23)20-17(24)19-14)18-12-5-4-6-13(11-12)27(25,26)21-9-2-1-3-10-21/h4-6,11,14H,1-3,7-10H2,(H,18,22)(H2,19,20,23,24)/t14-/m1/s1. The van der Waals surface area contributed by atoms with Gasteiger partial charge in [0.1, 0.15) is 6.04 Å². The Morgan fingerprint density at radius 1 is 1.19 bits per heavy atom. The fourth-order valence-electron chi connectivity index (χ4n) is 3.15. The first kappa shape index (κ1) is 19.3. The number of nitrogens with zero attached hydrogens (tertiary/aromatic N) is 1. The maximum atomic E-state index is 12.7. The van der Waals surface area contributed by atoms with Crippen molar-refractivity contribution in [2.24, 2.45) is 0 Å². The lowest BCUT2D eigenvalue weighted by Gasteiger charge is -2.26. The van der Waals surface area contributed by atoms with Crippen LogP contribution in [0.5, 0.6) is 0 Å². The van der Waals surface area contributed by atoms with Gasteiger partial charge < -0.3 is 10.6 Å². The zero-order valence-corrected chi connectivity index (χ0v) is 15.5. The number of hydrogen-bond donors (Lipinski definition) is 3. The molecule has 2 fully saturated rings. The van der Waals surface area contributed by atoms with E-state index in [1.165, 1.54) is 16.4 Å². The van der Waals surface area contributed by atoms with E-state index in [9.17, 15) is 22.8 Å². The molecule has 0 spiro atoms. The van der Waals surface area contributed by atoms with Crippen LogP contribution in [0.3, 0.4) is 0 Å². The summed E-state index contributed by atoms with van der Waals surface area (Å²) in [4.78, 5) is 34.8. The van der Waals surface area contributed by atoms with Gasteiger partial charge in [0.2, 0.25) is 15.9 Å². The van der Waals surface area contributed by atoms with E-state index in [-0.39, 0.29) is 23.6 Å². The average Bonchev–Trinajstić information content (AvgIpc) is 2.98. The van der Waals surface area contributed by atoms with Gasteiger partial charge in [0.15, 0.2) is 0 Å². The number of benzene rings is 1. The Hall–Kier alpha value is -2.46. The monoisotopic (exact) mass is 394 g/mol. The minimum absolute atomic E-state index is 0.0153. The van der Waals surface area contributed by atoms with E-state index in [0.29, 0.717) is 18.8 Å². The molecule has 0 saturated carbocycles. The number of carbonyl (C=O) groups is 3. The Kier molecular flexibility index (Phi) is 5.76. The Morgan fingerprint density at radius 2 is 1.93 bits per heavy atom. The minimum Gasteiger partial charge on any atom is -0.326 e. The molecule has 1 atom stereocenters. The van der Waals surface area contributed by atoms with Crippen molar-refractivity contribution >= 4 is 33.6 Å². The van der Waals surface area contributed by atoms with Crippen molar-refractivity contribution in [1.82, 2.24) is 14.9 Å². The van der Waals surface area contributed by atoms with Crippen molar-refractivity contribution in [1.29, 1.82) is 0 Å². The van der Waals surface area contributed by atoms with Gasteiger partial charge >= 0.3 is 6.03 Å². The largest absolute Gasteiger partial charge is 0.326 e. The predicted molar refractivity (Wildman–Crippen MR) is 97.4 cm³/mol. The van der Waals surface area contributed by atoms with Gasteiger partial charge in [-0.2, -0.15) is 4.31 Å². The summed E-state index contributed by atoms with van der Waals surface area (Å²) in [5.41, 5.74) is 0.373. The summed E-state index contributed by atoms with van der Waals surface area (Å²) in [5.74, 6) is -0.820. The highest BCUT2D eigenvalue weighted by Gasteiger charge is 2.29. The van der Waals surface area contributed by atoms with E-state index >= 15 is 0 Å². The molecule has 2 heterocycles. The fraction of sp³-hybridized carbons (Fsp3) is 0.471. The summed E-state index contributed by atoms with van der Waals surface area (Å²) >= 11 is 0. The first-order valence-electron chi connectivity index (χ1n) is 8.88. The Labute approximate surface area is 157 Å². The number of anilines is 1. The Bertz CT molecular complexity index is 849. The molecule has 10 heteroatoms. The molecule has 0 aromatic heterocycles. The third kappa shape index (κ3) is 4.64. The van der Waals surface area contributed by atoms with Gasteiger partial charge in [0.05, 0.1) is 4.90 Å². The van der Waals surface area contributed by atoms with Gasteiger partial charge in [-0.1, -0.05) is 12.5 Å². The number of rotatable bonds is 6. The van der Waals surface area contributed by atoms with Crippen molar-refractivity contribution in [3.05, 3.63) is 24.3 Å². The number of urea groups is 1. The third-order valence-electron chi connectivity index (χ3n) is 4.59. The topological polar surface area (TPSA) is 125 Å². The molecule has 2 aliphatic rings. The quantitative estimate of drug-likeness (QED) is 0.615. The van der Waals surface area contributed by atoms with E-state index in [4.69, 9.17) is 0 Å². The van der Waals surface area contributed by atoms with Crippen LogP contribution in [-0.4, -0.2) is 49.7 Å². The van der Waals surface area contributed by atoms with E-state index < -0.39 is 28.0 Å². The number of amides is 4. The predicted octanol–water partition coefficient (Wildman–Crippen LogP) is 0.788. The number of carbonyl (C=O) groups excluding carboxylic acids is 3. The molecule has 2 saturated heterocycles. The summed E-state index contributed by atoms with van der Waals surface area (Å²) in [5, 5.41) is 7.17. The molecule has 3 N–H and O–H groups in total. The first-order chi connectivity index (χ1) is 12.9. The highest BCUT2D eigenvalue weighted by atomic mass is 32.2. The third-order valence-corrected chi connectivity index (χ3v) is 6.48. The fourth-order valence-corrected chi connectivity index (χ4v) is 4.71. The summed E-state index contributed by atoms with van der Waals surface area (Å²) in [6.45, 7) is 1.02. The number of piperidine rings is 1. The number of hydrogen-bond acceptors (Lipinski definition) is 5. The van der Waals surface area contributed by atoms with Crippen molar-refractivity contribution in [2.75, 3.05) is 18.4 Å². The second-order valence-corrected chi connectivity index (χ2v) is 8.53.